The van der Waals surface area contributed by atoms with Crippen molar-refractivity contribution in [2.45, 2.75) is 25.9 Å². The lowest BCUT2D eigenvalue weighted by molar-refractivity contribution is -0.120. The van der Waals surface area contributed by atoms with E-state index in [0.29, 0.717) is 39.9 Å². The zero-order valence-electron chi connectivity index (χ0n) is 18.6. The maximum atomic E-state index is 16.1. The number of hydrogen-bond donors (Lipinski definition) is 1. The van der Waals surface area contributed by atoms with Gasteiger partial charge in [0.05, 0.1) is 32.8 Å². The lowest BCUT2D eigenvalue weighted by Crippen LogP contribution is -2.63. The average molecular weight is 500 g/mol. The number of thiazole rings is 1. The molecule has 174 valence electrons. The van der Waals surface area contributed by atoms with Crippen molar-refractivity contribution in [3.8, 4) is 11.1 Å². The summed E-state index contributed by atoms with van der Waals surface area (Å²) in [7, 11) is 1.70. The number of piperazine rings is 1. The number of carbonyl (C=O) groups is 1. The molecule has 0 unspecified atom stereocenters. The van der Waals surface area contributed by atoms with Crippen molar-refractivity contribution in [2.75, 3.05) is 29.9 Å². The number of amides is 1. The fourth-order valence-corrected chi connectivity index (χ4v) is 6.14. The molecule has 2 aromatic carbocycles. The van der Waals surface area contributed by atoms with Crippen LogP contribution in [-0.2, 0) is 4.79 Å². The number of likely N-dealkylation sites (N-methyl/N-ethyl adjacent to an activating group) is 1. The number of halogens is 3. The Morgan fingerprint density at radius 2 is 2.06 bits per heavy atom. The number of hydrogen-bond acceptors (Lipinski definition) is 6. The Kier molecular flexibility index (Phi) is 4.81. The lowest BCUT2D eigenvalue weighted by Gasteiger charge is -2.46. The van der Waals surface area contributed by atoms with E-state index in [2.05, 4.69) is 15.3 Å². The first-order valence-corrected chi connectivity index (χ1v) is 12.1. The molecular formula is C24H20ClF2N5OS. The minimum absolute atomic E-state index is 0.0381. The molecule has 2 atom stereocenters. The molecule has 2 aromatic heterocycles. The summed E-state index contributed by atoms with van der Waals surface area (Å²) in [6, 6.07) is 4.98. The Balaban J connectivity index is 1.63. The number of nitrogens with one attached hydrogen (secondary N) is 1. The van der Waals surface area contributed by atoms with Gasteiger partial charge < -0.3 is 15.1 Å². The SMILES string of the molecule is Cc1ccc(-c2c(Cl)cc3c4c(cnc3c2F)N(C)C(=O)[C@H]2CN[C@H](C)CN42)c2nc(F)sc12. The number of anilines is 2. The highest BCUT2D eigenvalue weighted by molar-refractivity contribution is 7.17. The topological polar surface area (TPSA) is 61.4 Å². The average Bonchev–Trinajstić information content (AvgIpc) is 3.20. The van der Waals surface area contributed by atoms with Gasteiger partial charge in [-0.15, -0.1) is 0 Å². The van der Waals surface area contributed by atoms with Gasteiger partial charge in [-0.1, -0.05) is 35.1 Å². The summed E-state index contributed by atoms with van der Waals surface area (Å²) in [4.78, 5) is 25.0. The van der Waals surface area contributed by atoms with Gasteiger partial charge in [0.25, 0.3) is 11.2 Å². The van der Waals surface area contributed by atoms with Crippen LogP contribution in [-0.4, -0.2) is 48.1 Å². The molecule has 0 saturated carbocycles. The lowest BCUT2D eigenvalue weighted by atomic mass is 9.96. The van der Waals surface area contributed by atoms with Crippen LogP contribution in [0.25, 0.3) is 32.2 Å². The number of aryl methyl sites for hydroxylation is 1. The second-order valence-corrected chi connectivity index (χ2v) is 10.2. The molecule has 34 heavy (non-hydrogen) atoms. The molecule has 0 aliphatic carbocycles. The molecule has 0 spiro atoms. The highest BCUT2D eigenvalue weighted by atomic mass is 35.5. The Hall–Kier alpha value is -2.88. The zero-order chi connectivity index (χ0) is 23.9. The Morgan fingerprint density at radius 1 is 1.26 bits per heavy atom. The maximum Gasteiger partial charge on any atom is 0.270 e. The van der Waals surface area contributed by atoms with Crippen LogP contribution in [0.5, 0.6) is 0 Å². The van der Waals surface area contributed by atoms with E-state index in [1.807, 2.05) is 24.8 Å². The van der Waals surface area contributed by atoms with Gasteiger partial charge in [-0.2, -0.15) is 4.39 Å². The predicted molar refractivity (Wildman–Crippen MR) is 132 cm³/mol. The second kappa shape index (κ2) is 7.56. The highest BCUT2D eigenvalue weighted by Crippen LogP contribution is 2.46. The molecule has 10 heteroatoms. The number of fused-ring (bicyclic) bond motifs is 6. The van der Waals surface area contributed by atoms with Gasteiger partial charge in [0, 0.05) is 42.7 Å². The minimum Gasteiger partial charge on any atom is -0.355 e. The predicted octanol–water partition coefficient (Wildman–Crippen LogP) is 4.89. The number of carbonyl (C=O) groups excluding carboxylic acids is 1. The fourth-order valence-electron chi connectivity index (χ4n) is 5.06. The van der Waals surface area contributed by atoms with Crippen LogP contribution >= 0.6 is 22.9 Å². The Bertz CT molecular complexity index is 1520. The zero-order valence-corrected chi connectivity index (χ0v) is 20.2. The standard InChI is InChI=1S/C24H20ClF2N5OS/c1-10-4-5-12(20-22(10)34-24(27)30-20)17-14(25)6-13-19(18(17)26)29-7-15-21(13)32-9-11(2)28-8-16(32)23(33)31(15)3/h4-7,11,16,28H,8-9H2,1-3H3/t11-,16-/m1/s1. The summed E-state index contributed by atoms with van der Waals surface area (Å²) in [5.41, 5.74) is 3.30. The van der Waals surface area contributed by atoms with Crippen molar-refractivity contribution >= 4 is 61.3 Å². The monoisotopic (exact) mass is 499 g/mol. The molecule has 1 amide bonds. The third-order valence-electron chi connectivity index (χ3n) is 6.76. The summed E-state index contributed by atoms with van der Waals surface area (Å²) in [5.74, 6) is -0.632. The largest absolute Gasteiger partial charge is 0.355 e. The molecule has 1 N–H and O–H groups in total. The third-order valence-corrected chi connectivity index (χ3v) is 8.04. The third kappa shape index (κ3) is 2.97. The van der Waals surface area contributed by atoms with Crippen molar-refractivity contribution < 1.29 is 13.6 Å². The van der Waals surface area contributed by atoms with Crippen LogP contribution in [0, 0.1) is 18.0 Å². The molecule has 0 bridgehead atoms. The molecule has 4 heterocycles. The molecule has 1 fully saturated rings. The van der Waals surface area contributed by atoms with Crippen LogP contribution in [0.3, 0.4) is 0 Å². The fraction of sp³-hybridized carbons (Fsp3) is 0.292. The van der Waals surface area contributed by atoms with Gasteiger partial charge in [0.15, 0.2) is 5.82 Å². The van der Waals surface area contributed by atoms with Crippen molar-refractivity contribution in [1.82, 2.24) is 15.3 Å². The van der Waals surface area contributed by atoms with Crippen LogP contribution in [0.15, 0.2) is 24.4 Å². The van der Waals surface area contributed by atoms with Gasteiger partial charge in [0.2, 0.25) is 0 Å². The number of rotatable bonds is 1. The van der Waals surface area contributed by atoms with Crippen molar-refractivity contribution in [2.24, 2.45) is 0 Å². The van der Waals surface area contributed by atoms with Crippen LogP contribution < -0.4 is 15.1 Å². The molecule has 0 radical (unpaired) electrons. The van der Waals surface area contributed by atoms with Gasteiger partial charge in [-0.05, 0) is 25.5 Å². The van der Waals surface area contributed by atoms with Crippen molar-refractivity contribution in [1.29, 1.82) is 0 Å². The quantitative estimate of drug-likeness (QED) is 0.404. The minimum atomic E-state index is -0.594. The summed E-state index contributed by atoms with van der Waals surface area (Å²) < 4.78 is 30.8. The first-order valence-electron chi connectivity index (χ1n) is 10.9. The molecular weight excluding hydrogens is 480 g/mol. The second-order valence-electron chi connectivity index (χ2n) is 8.88. The number of pyridine rings is 1. The highest BCUT2D eigenvalue weighted by Gasteiger charge is 2.41. The Labute approximate surface area is 203 Å². The number of aromatic nitrogens is 2. The van der Waals surface area contributed by atoms with E-state index < -0.39 is 17.1 Å². The molecule has 2 aliphatic heterocycles. The molecule has 1 saturated heterocycles. The van der Waals surface area contributed by atoms with E-state index in [4.69, 9.17) is 11.6 Å². The first-order chi connectivity index (χ1) is 16.3. The van der Waals surface area contributed by atoms with E-state index in [9.17, 15) is 9.18 Å². The van der Waals surface area contributed by atoms with Crippen LogP contribution in [0.1, 0.15) is 12.5 Å². The first kappa shape index (κ1) is 21.6. The van der Waals surface area contributed by atoms with E-state index in [1.54, 1.807) is 24.1 Å². The summed E-state index contributed by atoms with van der Waals surface area (Å²) in [6.07, 6.45) is 1.53. The normalized spacial score (nSPS) is 20.2. The van der Waals surface area contributed by atoms with Gasteiger partial charge >= 0.3 is 0 Å². The Morgan fingerprint density at radius 3 is 2.85 bits per heavy atom. The van der Waals surface area contributed by atoms with E-state index in [-0.39, 0.29) is 28.1 Å². The van der Waals surface area contributed by atoms with E-state index in [0.717, 1.165) is 22.6 Å². The smallest absolute Gasteiger partial charge is 0.270 e. The molecule has 6 rings (SSSR count). The molecule has 4 aromatic rings. The van der Waals surface area contributed by atoms with Crippen molar-refractivity contribution in [3.05, 3.63) is 46.1 Å². The number of nitrogens with zero attached hydrogens (tertiary/aromatic N) is 4. The molecule has 6 nitrogen and oxygen atoms in total. The van der Waals surface area contributed by atoms with Gasteiger partial charge in [-0.3, -0.25) is 9.78 Å². The molecule has 2 aliphatic rings. The van der Waals surface area contributed by atoms with Crippen LogP contribution in [0.2, 0.25) is 5.02 Å². The van der Waals surface area contributed by atoms with E-state index >= 15 is 4.39 Å². The number of benzene rings is 2. The summed E-state index contributed by atoms with van der Waals surface area (Å²) in [5, 5.41) is 3.48. The van der Waals surface area contributed by atoms with Gasteiger partial charge in [0.1, 0.15) is 11.6 Å². The van der Waals surface area contributed by atoms with Crippen LogP contribution in [0.4, 0.5) is 20.2 Å². The van der Waals surface area contributed by atoms with E-state index in [1.165, 1.54) is 6.20 Å². The van der Waals surface area contributed by atoms with Gasteiger partial charge in [-0.25, -0.2) is 9.37 Å². The maximum absolute atomic E-state index is 16.1. The summed E-state index contributed by atoms with van der Waals surface area (Å²) >= 11 is 7.63. The van der Waals surface area contributed by atoms with Crippen molar-refractivity contribution in [3.63, 3.8) is 0 Å². The summed E-state index contributed by atoms with van der Waals surface area (Å²) in [6.45, 7) is 4.99.